The van der Waals surface area contributed by atoms with Gasteiger partial charge in [-0.1, -0.05) is 4.57 Å². The standard InChI is InChI=1S/C5H14NO.Ca.ClO2P.2H/c1-6(2,3)4-5-7;;1-4(2)3;;/h7H,4-5H2,1-3H3;;;;/q+1;+2;;2*-1. The Morgan fingerprint density at radius 3 is 1.83 bits per heavy atom. The van der Waals surface area contributed by atoms with Crippen molar-refractivity contribution in [1.29, 1.82) is 0 Å². The van der Waals surface area contributed by atoms with E-state index in [1.165, 1.54) is 0 Å². The molecule has 0 aromatic rings. The maximum absolute atomic E-state index is 8.80. The van der Waals surface area contributed by atoms with E-state index >= 15 is 0 Å². The molecule has 1 N–H and O–H groups in total. The minimum atomic E-state index is -2.65. The Balaban J connectivity index is -0.0000000347. The largest absolute Gasteiger partial charge is 2.00 e. The van der Waals surface area contributed by atoms with Crippen LogP contribution in [0.1, 0.15) is 2.85 Å². The number of quaternary nitrogens is 1. The molecule has 0 spiro atoms. The van der Waals surface area contributed by atoms with Crippen LogP contribution in [0.2, 0.25) is 0 Å². The van der Waals surface area contributed by atoms with Gasteiger partial charge in [-0.3, -0.25) is 0 Å². The second-order valence-corrected chi connectivity index (χ2v) is 4.20. The maximum atomic E-state index is 8.80. The zero-order valence-corrected chi connectivity index (χ0v) is 11.5. The first-order chi connectivity index (χ1) is 4.79. The third-order valence-corrected chi connectivity index (χ3v) is 0.771. The van der Waals surface area contributed by atoms with Crippen molar-refractivity contribution >= 4 is 56.4 Å². The Kier molecular flexibility index (Phi) is 16.9. The van der Waals surface area contributed by atoms with Crippen LogP contribution in [0.15, 0.2) is 0 Å². The van der Waals surface area contributed by atoms with Crippen LogP contribution in [0.5, 0.6) is 0 Å². The summed E-state index contributed by atoms with van der Waals surface area (Å²) in [4.78, 5) is 8.80. The Morgan fingerprint density at radius 2 is 1.83 bits per heavy atom. The number of rotatable bonds is 2. The second kappa shape index (κ2) is 10.6. The summed E-state index contributed by atoms with van der Waals surface area (Å²) in [5.74, 6) is 0. The van der Waals surface area contributed by atoms with Crippen LogP contribution in [0.25, 0.3) is 0 Å². The normalized spacial score (nSPS) is 10.7. The number of nitrogens with zero attached hydrogens (tertiary/aromatic N) is 1. The molecule has 1 atom stereocenters. The maximum Gasteiger partial charge on any atom is 2.00 e. The van der Waals surface area contributed by atoms with Crippen LogP contribution in [-0.2, 0) is 4.57 Å². The molecule has 0 heterocycles. The Morgan fingerprint density at radius 1 is 1.58 bits per heavy atom. The molecule has 72 valence electrons. The average molecular weight is 245 g/mol. The molecule has 7 heteroatoms. The molecule has 0 saturated heterocycles. The number of hydrogen-bond acceptors (Lipinski definition) is 3. The molecule has 0 bridgehead atoms. The first kappa shape index (κ1) is 19.2. The van der Waals surface area contributed by atoms with Gasteiger partial charge >= 0.3 is 45.1 Å². The van der Waals surface area contributed by atoms with Crippen LogP contribution in [0.4, 0.5) is 0 Å². The number of aliphatic hydroxyl groups excluding tert-OH is 1. The molecule has 0 fully saturated rings. The van der Waals surface area contributed by atoms with Gasteiger partial charge in [-0.25, -0.2) is 0 Å². The third kappa shape index (κ3) is 41.8. The van der Waals surface area contributed by atoms with Crippen molar-refractivity contribution in [1.82, 2.24) is 0 Å². The van der Waals surface area contributed by atoms with Crippen molar-refractivity contribution in [2.45, 2.75) is 0 Å². The summed E-state index contributed by atoms with van der Waals surface area (Å²) in [6, 6.07) is 0. The monoisotopic (exact) mass is 244 g/mol. The van der Waals surface area contributed by atoms with Crippen LogP contribution in [0.3, 0.4) is 0 Å². The van der Waals surface area contributed by atoms with Gasteiger partial charge in [0.05, 0.1) is 27.7 Å². The Bertz CT molecular complexity index is 124. The van der Waals surface area contributed by atoms with E-state index in [0.29, 0.717) is 0 Å². The molecule has 0 amide bonds. The summed E-state index contributed by atoms with van der Waals surface area (Å²) in [7, 11) is 3.51. The quantitative estimate of drug-likeness (QED) is 0.415. The van der Waals surface area contributed by atoms with E-state index in [9.17, 15) is 0 Å². The predicted molar refractivity (Wildman–Crippen MR) is 51.4 cm³/mol. The topological polar surface area (TPSA) is 60.4 Å². The van der Waals surface area contributed by atoms with E-state index in [1.54, 1.807) is 0 Å². The molecule has 12 heavy (non-hydrogen) atoms. The summed E-state index contributed by atoms with van der Waals surface area (Å²) < 4.78 is 9.65. The molecule has 4 nitrogen and oxygen atoms in total. The summed E-state index contributed by atoms with van der Waals surface area (Å²) in [5.41, 5.74) is 0. The molecule has 0 aliphatic rings. The van der Waals surface area contributed by atoms with Gasteiger partial charge in [-0.05, 0) is 0 Å². The van der Waals surface area contributed by atoms with E-state index in [0.717, 1.165) is 11.0 Å². The first-order valence-corrected chi connectivity index (χ1v) is 5.09. The number of aliphatic hydroxyl groups is 1. The Labute approximate surface area is 112 Å². The Hall–Kier alpha value is 1.53. The minimum Gasteiger partial charge on any atom is -1.00 e. The fourth-order valence-corrected chi connectivity index (χ4v) is 0.300. The fraction of sp³-hybridized carbons (Fsp3) is 1.00. The van der Waals surface area contributed by atoms with Crippen molar-refractivity contribution in [3.8, 4) is 0 Å². The summed E-state index contributed by atoms with van der Waals surface area (Å²) in [6.07, 6.45) is 0. The van der Waals surface area contributed by atoms with E-state index < -0.39 is 7.38 Å². The molecule has 0 rings (SSSR count). The molecule has 0 radical (unpaired) electrons. The summed E-state index contributed by atoms with van der Waals surface area (Å²) >= 11 is 4.23. The number of hydrogen-bond donors (Lipinski definition) is 1. The second-order valence-electron chi connectivity index (χ2n) is 2.95. The van der Waals surface area contributed by atoms with Gasteiger partial charge in [-0.15, -0.1) is 0 Å². The van der Waals surface area contributed by atoms with Gasteiger partial charge in [0.1, 0.15) is 6.54 Å². The number of likely N-dealkylation sites (N-methyl/N-ethyl adjacent to an activating group) is 1. The van der Waals surface area contributed by atoms with Crippen LogP contribution < -0.4 is 4.89 Å². The van der Waals surface area contributed by atoms with Crippen LogP contribution in [-0.4, -0.2) is 81.6 Å². The average Bonchev–Trinajstić information content (AvgIpc) is 1.58. The SMILES string of the molecule is C[N+](C)(C)CCO.O=[P+]([O-])Cl.[Ca+2].[H-].[H-]. The molecule has 0 aliphatic heterocycles. The fourth-order valence-electron chi connectivity index (χ4n) is 0.300. The van der Waals surface area contributed by atoms with E-state index in [2.05, 4.69) is 32.4 Å². The molecular weight excluding hydrogens is 229 g/mol. The predicted octanol–water partition coefficient (Wildman–Crippen LogP) is -0.228. The molecule has 0 aromatic carbocycles. The minimum absolute atomic E-state index is 0. The molecular formula is C5H16CaClNO3P+. The molecule has 1 unspecified atom stereocenters. The third-order valence-electron chi connectivity index (χ3n) is 0.771. The zero-order chi connectivity index (χ0) is 9.49. The van der Waals surface area contributed by atoms with E-state index in [-0.39, 0.29) is 47.2 Å². The summed E-state index contributed by atoms with van der Waals surface area (Å²) in [5, 5.41) is 8.39. The van der Waals surface area contributed by atoms with E-state index in [4.69, 9.17) is 14.6 Å². The van der Waals surface area contributed by atoms with Crippen molar-refractivity contribution in [3.63, 3.8) is 0 Å². The van der Waals surface area contributed by atoms with Gasteiger partial charge in [0.25, 0.3) is 0 Å². The first-order valence-electron chi connectivity index (χ1n) is 3.01. The smallest absolute Gasteiger partial charge is 1.00 e. The van der Waals surface area contributed by atoms with Crippen molar-refractivity contribution in [2.75, 3.05) is 34.3 Å². The van der Waals surface area contributed by atoms with Gasteiger partial charge in [0.15, 0.2) is 0 Å². The van der Waals surface area contributed by atoms with Gasteiger partial charge in [0.2, 0.25) is 11.2 Å². The van der Waals surface area contributed by atoms with Crippen molar-refractivity contribution < 1.29 is 21.9 Å². The number of halogens is 1. The zero-order valence-electron chi connectivity index (χ0n) is 9.66. The van der Waals surface area contributed by atoms with Crippen molar-refractivity contribution in [2.24, 2.45) is 0 Å². The molecule has 0 aromatic heterocycles. The molecule has 0 aliphatic carbocycles. The molecule has 0 saturated carbocycles. The van der Waals surface area contributed by atoms with Crippen LogP contribution in [0, 0.1) is 0 Å². The van der Waals surface area contributed by atoms with Gasteiger partial charge in [-0.2, -0.15) is 0 Å². The van der Waals surface area contributed by atoms with Gasteiger partial charge < -0.3 is 17.3 Å². The van der Waals surface area contributed by atoms with E-state index in [1.807, 2.05) is 0 Å². The van der Waals surface area contributed by atoms with Crippen molar-refractivity contribution in [3.05, 3.63) is 0 Å². The summed E-state index contributed by atoms with van der Waals surface area (Å²) in [6.45, 7) is 1.11. The van der Waals surface area contributed by atoms with Gasteiger partial charge in [0, 0.05) is 0 Å². The van der Waals surface area contributed by atoms with Crippen LogP contribution >= 0.6 is 18.6 Å².